The Labute approximate surface area is 217 Å². The predicted molar refractivity (Wildman–Crippen MR) is 144 cm³/mol. The van der Waals surface area contributed by atoms with Crippen molar-refractivity contribution >= 4 is 5.97 Å². The Morgan fingerprint density at radius 2 is 0.886 bits per heavy atom. The van der Waals surface area contributed by atoms with Gasteiger partial charge in [0.05, 0.1) is 52.4 Å². The van der Waals surface area contributed by atoms with Crippen molar-refractivity contribution in [2.45, 2.75) is 130 Å². The van der Waals surface area contributed by atoms with Crippen molar-refractivity contribution in [1.82, 2.24) is 0 Å². The van der Waals surface area contributed by atoms with E-state index in [1.165, 1.54) is 83.5 Å². The number of ether oxygens (including phenoxy) is 5. The fraction of sp³-hybridized carbons (Fsp3) is 0.966. The van der Waals surface area contributed by atoms with E-state index >= 15 is 0 Å². The van der Waals surface area contributed by atoms with E-state index in [1.54, 1.807) is 0 Å². The maximum atomic E-state index is 11.8. The van der Waals surface area contributed by atoms with Crippen molar-refractivity contribution < 1.29 is 28.5 Å². The van der Waals surface area contributed by atoms with Crippen molar-refractivity contribution in [1.29, 1.82) is 0 Å². The van der Waals surface area contributed by atoms with Gasteiger partial charge < -0.3 is 23.7 Å². The summed E-state index contributed by atoms with van der Waals surface area (Å²) >= 11 is 0. The molecule has 0 radical (unpaired) electrons. The SMILES string of the molecule is CCCCCCCCCCCCCCCCCC(=O)OCCOCCOCCOCCOC(C)C. The number of hydrogen-bond donors (Lipinski definition) is 0. The second-order valence-electron chi connectivity index (χ2n) is 9.68. The minimum Gasteiger partial charge on any atom is -0.463 e. The predicted octanol–water partition coefficient (Wildman–Crippen LogP) is 7.27. The van der Waals surface area contributed by atoms with Crippen LogP contribution in [0, 0.1) is 0 Å². The number of unbranched alkanes of at least 4 members (excludes halogenated alkanes) is 14. The zero-order valence-corrected chi connectivity index (χ0v) is 23.5. The molecule has 0 amide bonds. The fourth-order valence-electron chi connectivity index (χ4n) is 3.81. The van der Waals surface area contributed by atoms with Crippen LogP contribution in [0.15, 0.2) is 0 Å². The molecule has 210 valence electrons. The van der Waals surface area contributed by atoms with Crippen LogP contribution < -0.4 is 0 Å². The molecule has 0 saturated carbocycles. The molecule has 0 unspecified atom stereocenters. The minimum atomic E-state index is -0.113. The third-order valence-corrected chi connectivity index (χ3v) is 5.90. The molecule has 0 spiro atoms. The van der Waals surface area contributed by atoms with Crippen molar-refractivity contribution in [2.75, 3.05) is 52.9 Å². The third kappa shape index (κ3) is 31.3. The monoisotopic (exact) mass is 502 g/mol. The van der Waals surface area contributed by atoms with E-state index in [1.807, 2.05) is 13.8 Å². The molecule has 0 rings (SSSR count). The molecular weight excluding hydrogens is 444 g/mol. The van der Waals surface area contributed by atoms with E-state index in [-0.39, 0.29) is 12.1 Å². The molecule has 0 fully saturated rings. The molecular formula is C29H58O6. The smallest absolute Gasteiger partial charge is 0.305 e. The van der Waals surface area contributed by atoms with Crippen LogP contribution in [0.25, 0.3) is 0 Å². The van der Waals surface area contributed by atoms with Crippen molar-refractivity contribution in [3.63, 3.8) is 0 Å². The van der Waals surface area contributed by atoms with Gasteiger partial charge in [-0.25, -0.2) is 0 Å². The lowest BCUT2D eigenvalue weighted by molar-refractivity contribution is -0.145. The minimum absolute atomic E-state index is 0.113. The molecule has 0 aliphatic heterocycles. The second-order valence-corrected chi connectivity index (χ2v) is 9.68. The third-order valence-electron chi connectivity index (χ3n) is 5.90. The van der Waals surface area contributed by atoms with E-state index < -0.39 is 0 Å². The van der Waals surface area contributed by atoms with Crippen LogP contribution in [0.5, 0.6) is 0 Å². The van der Waals surface area contributed by atoms with Gasteiger partial charge in [-0.2, -0.15) is 0 Å². The average Bonchev–Trinajstić information content (AvgIpc) is 2.84. The first-order chi connectivity index (χ1) is 17.2. The van der Waals surface area contributed by atoms with Gasteiger partial charge in [0.2, 0.25) is 0 Å². The summed E-state index contributed by atoms with van der Waals surface area (Å²) in [5.74, 6) is -0.113. The Bertz CT molecular complexity index is 416. The Hall–Kier alpha value is -0.690. The standard InChI is InChI=1S/C29H58O6/c1-4-5-6-7-8-9-10-11-12-13-14-15-16-17-18-19-29(30)35-27-25-33-23-21-31-20-22-32-24-26-34-28(2)3/h28H,4-27H2,1-3H3. The molecule has 0 aromatic carbocycles. The Kier molecular flexibility index (Phi) is 29.0. The maximum absolute atomic E-state index is 11.8. The fourth-order valence-corrected chi connectivity index (χ4v) is 3.81. The molecule has 0 aromatic rings. The quantitative estimate of drug-likeness (QED) is 0.0792. The zero-order chi connectivity index (χ0) is 25.7. The van der Waals surface area contributed by atoms with Gasteiger partial charge in [0.25, 0.3) is 0 Å². The number of carbonyl (C=O) groups is 1. The van der Waals surface area contributed by atoms with E-state index in [0.29, 0.717) is 59.3 Å². The van der Waals surface area contributed by atoms with Crippen LogP contribution in [0.3, 0.4) is 0 Å². The van der Waals surface area contributed by atoms with E-state index in [9.17, 15) is 4.79 Å². The van der Waals surface area contributed by atoms with Gasteiger partial charge in [0.1, 0.15) is 6.61 Å². The molecule has 0 aromatic heterocycles. The molecule has 0 aliphatic carbocycles. The van der Waals surface area contributed by atoms with Crippen LogP contribution >= 0.6 is 0 Å². The van der Waals surface area contributed by atoms with Gasteiger partial charge in [-0.3, -0.25) is 4.79 Å². The summed E-state index contributed by atoms with van der Waals surface area (Å²) in [6.07, 6.45) is 20.7. The first kappa shape index (κ1) is 34.3. The molecule has 0 N–H and O–H groups in total. The molecule has 0 atom stereocenters. The average molecular weight is 503 g/mol. The first-order valence-corrected chi connectivity index (χ1v) is 14.7. The van der Waals surface area contributed by atoms with Crippen LogP contribution in [0.2, 0.25) is 0 Å². The summed E-state index contributed by atoms with van der Waals surface area (Å²) in [7, 11) is 0. The van der Waals surface area contributed by atoms with Gasteiger partial charge in [-0.15, -0.1) is 0 Å². The van der Waals surface area contributed by atoms with Gasteiger partial charge in [0, 0.05) is 6.42 Å². The summed E-state index contributed by atoms with van der Waals surface area (Å²) in [6.45, 7) is 10.3. The van der Waals surface area contributed by atoms with Crippen LogP contribution in [-0.2, 0) is 28.5 Å². The summed E-state index contributed by atoms with van der Waals surface area (Å²) in [6, 6.07) is 0. The van der Waals surface area contributed by atoms with Gasteiger partial charge in [0.15, 0.2) is 0 Å². The Morgan fingerprint density at radius 3 is 1.31 bits per heavy atom. The van der Waals surface area contributed by atoms with E-state index in [2.05, 4.69) is 6.92 Å². The number of rotatable bonds is 29. The lowest BCUT2D eigenvalue weighted by Crippen LogP contribution is -2.15. The zero-order valence-electron chi connectivity index (χ0n) is 23.5. The molecule has 6 nitrogen and oxygen atoms in total. The molecule has 0 bridgehead atoms. The summed E-state index contributed by atoms with van der Waals surface area (Å²) in [5.41, 5.74) is 0. The number of esters is 1. The van der Waals surface area contributed by atoms with Gasteiger partial charge in [-0.1, -0.05) is 96.8 Å². The summed E-state index contributed by atoms with van der Waals surface area (Å²) in [5, 5.41) is 0. The summed E-state index contributed by atoms with van der Waals surface area (Å²) in [4.78, 5) is 11.8. The van der Waals surface area contributed by atoms with Crippen molar-refractivity contribution in [3.05, 3.63) is 0 Å². The number of hydrogen-bond acceptors (Lipinski definition) is 6. The van der Waals surface area contributed by atoms with Crippen LogP contribution in [0.1, 0.15) is 124 Å². The topological polar surface area (TPSA) is 63.2 Å². The highest BCUT2D eigenvalue weighted by molar-refractivity contribution is 5.69. The van der Waals surface area contributed by atoms with Crippen molar-refractivity contribution in [3.8, 4) is 0 Å². The van der Waals surface area contributed by atoms with Crippen LogP contribution in [0.4, 0.5) is 0 Å². The Balaban J connectivity index is 3.15. The van der Waals surface area contributed by atoms with E-state index in [4.69, 9.17) is 23.7 Å². The molecule has 6 heteroatoms. The highest BCUT2D eigenvalue weighted by Gasteiger charge is 2.03. The maximum Gasteiger partial charge on any atom is 0.305 e. The van der Waals surface area contributed by atoms with Gasteiger partial charge >= 0.3 is 5.97 Å². The molecule has 0 heterocycles. The normalized spacial score (nSPS) is 11.4. The molecule has 0 aliphatic rings. The first-order valence-electron chi connectivity index (χ1n) is 14.7. The largest absolute Gasteiger partial charge is 0.463 e. The molecule has 0 saturated heterocycles. The highest BCUT2D eigenvalue weighted by atomic mass is 16.6. The highest BCUT2D eigenvalue weighted by Crippen LogP contribution is 2.13. The number of carbonyl (C=O) groups excluding carboxylic acids is 1. The second kappa shape index (κ2) is 29.5. The van der Waals surface area contributed by atoms with Gasteiger partial charge in [-0.05, 0) is 20.3 Å². The van der Waals surface area contributed by atoms with E-state index in [0.717, 1.165) is 12.8 Å². The molecule has 35 heavy (non-hydrogen) atoms. The Morgan fingerprint density at radius 1 is 0.514 bits per heavy atom. The lowest BCUT2D eigenvalue weighted by Gasteiger charge is -2.09. The summed E-state index contributed by atoms with van der Waals surface area (Å²) < 4.78 is 26.9. The van der Waals surface area contributed by atoms with Crippen molar-refractivity contribution in [2.24, 2.45) is 0 Å². The van der Waals surface area contributed by atoms with Crippen LogP contribution in [-0.4, -0.2) is 64.9 Å². The lowest BCUT2D eigenvalue weighted by atomic mass is 10.0.